The molecule has 0 aliphatic heterocycles. The normalized spacial score (nSPS) is 10.6. The van der Waals surface area contributed by atoms with Gasteiger partial charge in [0.2, 0.25) is 0 Å². The van der Waals surface area contributed by atoms with Gasteiger partial charge in [0, 0.05) is 15.6 Å². The fourth-order valence-corrected chi connectivity index (χ4v) is 3.37. The summed E-state index contributed by atoms with van der Waals surface area (Å²) in [7, 11) is 0. The Hall–Kier alpha value is -3.98. The molecule has 0 heterocycles. The highest BCUT2D eigenvalue weighted by Gasteiger charge is 2.12. The van der Waals surface area contributed by atoms with Crippen LogP contribution in [0, 0.1) is 6.92 Å². The number of rotatable bonds is 9. The van der Waals surface area contributed by atoms with Gasteiger partial charge in [-0.3, -0.25) is 9.59 Å². The summed E-state index contributed by atoms with van der Waals surface area (Å²) in [5.41, 5.74) is 4.58. The van der Waals surface area contributed by atoms with Crippen molar-refractivity contribution in [2.75, 3.05) is 13.2 Å². The molecule has 8 nitrogen and oxygen atoms in total. The summed E-state index contributed by atoms with van der Waals surface area (Å²) in [4.78, 5) is 36.8. The monoisotopic (exact) mass is 537 g/mol. The lowest BCUT2D eigenvalue weighted by Crippen LogP contribution is -2.34. The number of aryl methyl sites for hydroxylation is 1. The SMILES string of the molecule is CCOc1ccc(C(=O)NCC(=O)NN=Cc2cc(Br)ccc2OC(=O)c2cccc(C)c2)cc1. The second-order valence-electron chi connectivity index (χ2n) is 7.37. The highest BCUT2D eigenvalue weighted by molar-refractivity contribution is 9.10. The molecule has 0 radical (unpaired) electrons. The Kier molecular flexibility index (Phi) is 9.14. The maximum Gasteiger partial charge on any atom is 0.343 e. The van der Waals surface area contributed by atoms with Gasteiger partial charge in [-0.15, -0.1) is 0 Å². The molecule has 3 aromatic rings. The van der Waals surface area contributed by atoms with Crippen LogP contribution in [-0.4, -0.2) is 37.1 Å². The van der Waals surface area contributed by atoms with Gasteiger partial charge in [-0.25, -0.2) is 10.2 Å². The number of hydrogen-bond acceptors (Lipinski definition) is 6. The molecule has 0 unspecified atom stereocenters. The first-order chi connectivity index (χ1) is 16.9. The van der Waals surface area contributed by atoms with Crippen LogP contribution >= 0.6 is 15.9 Å². The minimum absolute atomic E-state index is 0.267. The zero-order chi connectivity index (χ0) is 25.2. The maximum absolute atomic E-state index is 12.5. The van der Waals surface area contributed by atoms with Crippen LogP contribution in [0.15, 0.2) is 76.3 Å². The molecule has 0 saturated carbocycles. The molecule has 0 fully saturated rings. The molecular weight excluding hydrogens is 514 g/mol. The van der Waals surface area contributed by atoms with E-state index in [1.807, 2.05) is 19.9 Å². The number of nitrogens with one attached hydrogen (secondary N) is 2. The Morgan fingerprint density at radius 2 is 1.77 bits per heavy atom. The van der Waals surface area contributed by atoms with Crippen LogP contribution in [0.5, 0.6) is 11.5 Å². The maximum atomic E-state index is 12.5. The lowest BCUT2D eigenvalue weighted by molar-refractivity contribution is -0.120. The third kappa shape index (κ3) is 7.79. The number of nitrogens with zero attached hydrogens (tertiary/aromatic N) is 1. The zero-order valence-corrected chi connectivity index (χ0v) is 20.8. The van der Waals surface area contributed by atoms with Crippen molar-refractivity contribution in [2.45, 2.75) is 13.8 Å². The Morgan fingerprint density at radius 3 is 2.49 bits per heavy atom. The Morgan fingerprint density at radius 1 is 1.00 bits per heavy atom. The fourth-order valence-electron chi connectivity index (χ4n) is 2.99. The van der Waals surface area contributed by atoms with Crippen molar-refractivity contribution >= 4 is 39.9 Å². The molecule has 2 amide bonds. The van der Waals surface area contributed by atoms with Gasteiger partial charge in [-0.05, 0) is 68.4 Å². The molecule has 0 saturated heterocycles. The van der Waals surface area contributed by atoms with E-state index in [2.05, 4.69) is 31.8 Å². The van der Waals surface area contributed by atoms with Gasteiger partial charge >= 0.3 is 5.97 Å². The van der Waals surface area contributed by atoms with Gasteiger partial charge < -0.3 is 14.8 Å². The number of hydrazone groups is 1. The molecule has 0 aromatic heterocycles. The zero-order valence-electron chi connectivity index (χ0n) is 19.2. The molecule has 9 heteroatoms. The molecule has 180 valence electrons. The van der Waals surface area contributed by atoms with Crippen molar-refractivity contribution in [1.82, 2.24) is 10.7 Å². The third-order valence-corrected chi connectivity index (χ3v) is 5.15. The van der Waals surface area contributed by atoms with Crippen LogP contribution in [0.4, 0.5) is 0 Å². The quantitative estimate of drug-likeness (QED) is 0.183. The number of carbonyl (C=O) groups is 3. The fraction of sp³-hybridized carbons (Fsp3) is 0.154. The van der Waals surface area contributed by atoms with Crippen molar-refractivity contribution in [3.63, 3.8) is 0 Å². The number of halogens is 1. The van der Waals surface area contributed by atoms with Crippen LogP contribution < -0.4 is 20.2 Å². The van der Waals surface area contributed by atoms with Crippen molar-refractivity contribution in [3.05, 3.63) is 93.5 Å². The molecule has 3 rings (SSSR count). The smallest absolute Gasteiger partial charge is 0.343 e. The second kappa shape index (κ2) is 12.5. The van der Waals surface area contributed by atoms with E-state index in [4.69, 9.17) is 9.47 Å². The molecule has 0 aliphatic carbocycles. The van der Waals surface area contributed by atoms with Crippen molar-refractivity contribution < 1.29 is 23.9 Å². The minimum atomic E-state index is -0.520. The Labute approximate surface area is 211 Å². The van der Waals surface area contributed by atoms with E-state index in [1.165, 1.54) is 6.21 Å². The van der Waals surface area contributed by atoms with Crippen LogP contribution in [0.3, 0.4) is 0 Å². The lowest BCUT2D eigenvalue weighted by atomic mass is 10.1. The molecule has 0 spiro atoms. The van der Waals surface area contributed by atoms with E-state index in [-0.39, 0.29) is 12.3 Å². The number of amides is 2. The average molecular weight is 538 g/mol. The van der Waals surface area contributed by atoms with Gasteiger partial charge in [0.15, 0.2) is 0 Å². The molecule has 35 heavy (non-hydrogen) atoms. The summed E-state index contributed by atoms with van der Waals surface area (Å²) in [6, 6.07) is 18.7. The van der Waals surface area contributed by atoms with Gasteiger partial charge in [0.25, 0.3) is 11.8 Å². The predicted molar refractivity (Wildman–Crippen MR) is 136 cm³/mol. The first kappa shape index (κ1) is 25.6. The Balaban J connectivity index is 1.56. The van der Waals surface area contributed by atoms with Crippen LogP contribution in [0.25, 0.3) is 0 Å². The number of benzene rings is 3. The molecular formula is C26H24BrN3O5. The molecule has 0 atom stereocenters. The lowest BCUT2D eigenvalue weighted by Gasteiger charge is -2.09. The number of hydrogen-bond donors (Lipinski definition) is 2. The summed E-state index contributed by atoms with van der Waals surface area (Å²) in [6.45, 7) is 4.02. The van der Waals surface area contributed by atoms with E-state index in [9.17, 15) is 14.4 Å². The van der Waals surface area contributed by atoms with E-state index in [0.717, 1.165) is 10.0 Å². The van der Waals surface area contributed by atoms with Crippen molar-refractivity contribution in [3.8, 4) is 11.5 Å². The number of carbonyl (C=O) groups excluding carboxylic acids is 3. The second-order valence-corrected chi connectivity index (χ2v) is 8.29. The Bertz CT molecular complexity index is 1240. The molecule has 2 N–H and O–H groups in total. The number of esters is 1. The standard InChI is InChI=1S/C26H24BrN3O5/c1-3-34-22-10-7-18(8-11-22)25(32)28-16-24(31)30-29-15-20-14-21(27)9-12-23(20)35-26(33)19-6-4-5-17(2)13-19/h4-15H,3,16H2,1-2H3,(H,28,32)(H,30,31). The summed E-state index contributed by atoms with van der Waals surface area (Å²) in [6.07, 6.45) is 1.36. The minimum Gasteiger partial charge on any atom is -0.494 e. The van der Waals surface area contributed by atoms with Gasteiger partial charge in [0.05, 0.1) is 24.9 Å². The van der Waals surface area contributed by atoms with Crippen LogP contribution in [0.1, 0.15) is 38.8 Å². The third-order valence-electron chi connectivity index (χ3n) is 4.66. The highest BCUT2D eigenvalue weighted by Crippen LogP contribution is 2.23. The highest BCUT2D eigenvalue weighted by atomic mass is 79.9. The molecule has 0 bridgehead atoms. The molecule has 0 aliphatic rings. The largest absolute Gasteiger partial charge is 0.494 e. The van der Waals surface area contributed by atoms with E-state index in [0.29, 0.717) is 29.0 Å². The molecule has 3 aromatic carbocycles. The first-order valence-corrected chi connectivity index (χ1v) is 11.6. The first-order valence-electron chi connectivity index (χ1n) is 10.8. The average Bonchev–Trinajstić information content (AvgIpc) is 2.84. The predicted octanol–water partition coefficient (Wildman–Crippen LogP) is 4.26. The van der Waals surface area contributed by atoms with E-state index in [1.54, 1.807) is 60.7 Å². The van der Waals surface area contributed by atoms with E-state index >= 15 is 0 Å². The van der Waals surface area contributed by atoms with Crippen LogP contribution in [0.2, 0.25) is 0 Å². The van der Waals surface area contributed by atoms with Gasteiger partial charge in [-0.2, -0.15) is 5.10 Å². The van der Waals surface area contributed by atoms with E-state index < -0.39 is 17.8 Å². The summed E-state index contributed by atoms with van der Waals surface area (Å²) in [5, 5.41) is 6.44. The summed E-state index contributed by atoms with van der Waals surface area (Å²) >= 11 is 3.37. The number of ether oxygens (including phenoxy) is 2. The topological polar surface area (TPSA) is 106 Å². The van der Waals surface area contributed by atoms with Crippen LogP contribution in [-0.2, 0) is 4.79 Å². The van der Waals surface area contributed by atoms with Gasteiger partial charge in [-0.1, -0.05) is 33.6 Å². The summed E-state index contributed by atoms with van der Waals surface area (Å²) < 4.78 is 11.6. The summed E-state index contributed by atoms with van der Waals surface area (Å²) in [5.74, 6) is -0.487. The van der Waals surface area contributed by atoms with Crippen molar-refractivity contribution in [1.29, 1.82) is 0 Å². The van der Waals surface area contributed by atoms with Gasteiger partial charge in [0.1, 0.15) is 11.5 Å². The van der Waals surface area contributed by atoms with Crippen molar-refractivity contribution in [2.24, 2.45) is 5.10 Å².